The van der Waals surface area contributed by atoms with Gasteiger partial charge in [0, 0.05) is 16.4 Å². The highest BCUT2D eigenvalue weighted by molar-refractivity contribution is 7.16. The molecule has 0 aliphatic rings. The third-order valence-electron chi connectivity index (χ3n) is 2.35. The van der Waals surface area contributed by atoms with E-state index in [-0.39, 0.29) is 6.04 Å². The molecule has 1 N–H and O–H groups in total. The van der Waals surface area contributed by atoms with E-state index in [0.29, 0.717) is 0 Å². The van der Waals surface area contributed by atoms with Gasteiger partial charge in [0.2, 0.25) is 0 Å². The van der Waals surface area contributed by atoms with Crippen molar-refractivity contribution in [1.29, 1.82) is 0 Å². The number of hydrogen-bond acceptors (Lipinski definition) is 6. The first-order valence-electron chi connectivity index (χ1n) is 5.15. The first-order valence-corrected chi connectivity index (χ1v) is 7.12. The fourth-order valence-electron chi connectivity index (χ4n) is 1.59. The number of anilines is 1. The molecule has 3 heterocycles. The molecule has 0 aliphatic carbocycles. The molecule has 0 radical (unpaired) electrons. The van der Waals surface area contributed by atoms with Crippen LogP contribution in [0.1, 0.15) is 16.7 Å². The lowest BCUT2D eigenvalue weighted by molar-refractivity contribution is 0.501. The maximum atomic E-state index is 5.99. The zero-order chi connectivity index (χ0) is 12.4. The number of rotatable bonds is 4. The molecule has 92 valence electrons. The second-order valence-electron chi connectivity index (χ2n) is 3.52. The van der Waals surface area contributed by atoms with E-state index >= 15 is 0 Å². The first-order chi connectivity index (χ1) is 8.83. The molecule has 1 unspecified atom stereocenters. The van der Waals surface area contributed by atoms with Crippen LogP contribution in [0.3, 0.4) is 0 Å². The Bertz CT molecular complexity index is 606. The Morgan fingerprint density at radius 1 is 1.33 bits per heavy atom. The van der Waals surface area contributed by atoms with Crippen LogP contribution >= 0.6 is 34.5 Å². The molecule has 4 nitrogen and oxygen atoms in total. The van der Waals surface area contributed by atoms with Crippen LogP contribution in [0.5, 0.6) is 0 Å². The van der Waals surface area contributed by atoms with E-state index < -0.39 is 0 Å². The summed E-state index contributed by atoms with van der Waals surface area (Å²) in [6.07, 6.45) is 3.35. The molecule has 0 aromatic carbocycles. The summed E-state index contributed by atoms with van der Waals surface area (Å²) in [6, 6.07) is 7.59. The van der Waals surface area contributed by atoms with Gasteiger partial charge >= 0.3 is 0 Å². The molecule has 7 heteroatoms. The highest BCUT2D eigenvalue weighted by Crippen LogP contribution is 2.34. The standard InChI is InChI=1S/C11H8ClN3OS2/c12-9-4-3-8(17-9)11(7-2-1-5-16-7)14-10-6-13-15-18-10/h1-6,11,14H. The summed E-state index contributed by atoms with van der Waals surface area (Å²) < 4.78 is 10.1. The van der Waals surface area contributed by atoms with Crippen LogP contribution in [-0.4, -0.2) is 9.59 Å². The smallest absolute Gasteiger partial charge is 0.131 e. The minimum Gasteiger partial charge on any atom is -0.467 e. The van der Waals surface area contributed by atoms with E-state index in [1.54, 1.807) is 12.5 Å². The number of thiophene rings is 1. The highest BCUT2D eigenvalue weighted by atomic mass is 35.5. The minimum absolute atomic E-state index is 0.0697. The molecule has 0 spiro atoms. The van der Waals surface area contributed by atoms with Crippen molar-refractivity contribution < 1.29 is 4.42 Å². The number of furan rings is 1. The number of hydrogen-bond donors (Lipinski definition) is 1. The molecule has 0 aliphatic heterocycles. The Kier molecular flexibility index (Phi) is 3.31. The molecule has 1 atom stereocenters. The molecule has 3 rings (SSSR count). The maximum Gasteiger partial charge on any atom is 0.131 e. The van der Waals surface area contributed by atoms with Gasteiger partial charge in [-0.3, -0.25) is 0 Å². The zero-order valence-corrected chi connectivity index (χ0v) is 11.4. The number of aromatic nitrogens is 2. The van der Waals surface area contributed by atoms with Crippen LogP contribution in [0.2, 0.25) is 4.34 Å². The van der Waals surface area contributed by atoms with Gasteiger partial charge in [0.15, 0.2) is 0 Å². The average molecular weight is 298 g/mol. The van der Waals surface area contributed by atoms with Crippen molar-refractivity contribution in [3.63, 3.8) is 0 Å². The molecule has 0 saturated heterocycles. The summed E-state index contributed by atoms with van der Waals surface area (Å²) in [5.74, 6) is 0.835. The molecule has 3 aromatic rings. The van der Waals surface area contributed by atoms with Gasteiger partial charge in [0.25, 0.3) is 0 Å². The van der Waals surface area contributed by atoms with E-state index in [9.17, 15) is 0 Å². The molecular weight excluding hydrogens is 290 g/mol. The van der Waals surface area contributed by atoms with E-state index in [1.807, 2.05) is 24.3 Å². The van der Waals surface area contributed by atoms with Crippen molar-refractivity contribution in [2.45, 2.75) is 6.04 Å². The van der Waals surface area contributed by atoms with Crippen LogP contribution in [0, 0.1) is 0 Å². The molecule has 3 aromatic heterocycles. The third-order valence-corrected chi connectivity index (χ3v) is 4.25. The molecule has 18 heavy (non-hydrogen) atoms. The predicted molar refractivity (Wildman–Crippen MR) is 73.4 cm³/mol. The largest absolute Gasteiger partial charge is 0.467 e. The number of nitrogens with zero attached hydrogens (tertiary/aromatic N) is 2. The Labute approximate surface area is 116 Å². The molecule has 0 bridgehead atoms. The summed E-state index contributed by atoms with van der Waals surface area (Å²) in [6.45, 7) is 0. The molecule has 0 fully saturated rings. The average Bonchev–Trinajstić information content (AvgIpc) is 3.09. The van der Waals surface area contributed by atoms with Gasteiger partial charge < -0.3 is 9.73 Å². The van der Waals surface area contributed by atoms with Crippen LogP contribution in [0.4, 0.5) is 5.00 Å². The Balaban J connectivity index is 1.93. The van der Waals surface area contributed by atoms with E-state index in [0.717, 1.165) is 20.0 Å². The van der Waals surface area contributed by atoms with Gasteiger partial charge in [-0.1, -0.05) is 16.1 Å². The minimum atomic E-state index is -0.0697. The summed E-state index contributed by atoms with van der Waals surface area (Å²) in [7, 11) is 0. The molecule has 0 amide bonds. The summed E-state index contributed by atoms with van der Waals surface area (Å²) >= 11 is 8.82. The van der Waals surface area contributed by atoms with Gasteiger partial charge in [0.1, 0.15) is 16.8 Å². The monoisotopic (exact) mass is 297 g/mol. The predicted octanol–water partition coefficient (Wildman–Crippen LogP) is 4.05. The number of halogens is 1. The van der Waals surface area contributed by atoms with Gasteiger partial charge in [-0.15, -0.1) is 16.4 Å². The van der Waals surface area contributed by atoms with Crippen LogP contribution in [-0.2, 0) is 0 Å². The van der Waals surface area contributed by atoms with E-state index in [4.69, 9.17) is 16.0 Å². The summed E-state index contributed by atoms with van der Waals surface area (Å²) in [4.78, 5) is 1.09. The maximum absolute atomic E-state index is 5.99. The Morgan fingerprint density at radius 2 is 2.28 bits per heavy atom. The lowest BCUT2D eigenvalue weighted by atomic mass is 10.2. The molecular formula is C11H8ClN3OS2. The lowest BCUT2D eigenvalue weighted by Crippen LogP contribution is -2.09. The summed E-state index contributed by atoms with van der Waals surface area (Å²) in [5.41, 5.74) is 0. The van der Waals surface area contributed by atoms with Gasteiger partial charge in [0.05, 0.1) is 16.8 Å². The van der Waals surface area contributed by atoms with E-state index in [2.05, 4.69) is 14.9 Å². The van der Waals surface area contributed by atoms with Crippen LogP contribution in [0.25, 0.3) is 0 Å². The van der Waals surface area contributed by atoms with Crippen molar-refractivity contribution in [1.82, 2.24) is 9.59 Å². The van der Waals surface area contributed by atoms with Crippen molar-refractivity contribution in [2.75, 3.05) is 5.32 Å². The topological polar surface area (TPSA) is 51.0 Å². The Morgan fingerprint density at radius 3 is 2.89 bits per heavy atom. The van der Waals surface area contributed by atoms with E-state index in [1.165, 1.54) is 22.9 Å². The second-order valence-corrected chi connectivity index (χ2v) is 6.05. The quantitative estimate of drug-likeness (QED) is 0.789. The van der Waals surface area contributed by atoms with Crippen LogP contribution in [0.15, 0.2) is 41.1 Å². The fraction of sp³-hybridized carbons (Fsp3) is 0.0909. The van der Waals surface area contributed by atoms with Crippen LogP contribution < -0.4 is 5.32 Å². The first kappa shape index (κ1) is 11.7. The SMILES string of the molecule is Clc1ccc(C(Nc2cnns2)c2ccco2)s1. The third kappa shape index (κ3) is 2.40. The zero-order valence-electron chi connectivity index (χ0n) is 9.04. The molecule has 0 saturated carbocycles. The summed E-state index contributed by atoms with van der Waals surface area (Å²) in [5, 5.41) is 8.04. The second kappa shape index (κ2) is 5.09. The van der Waals surface area contributed by atoms with Crippen molar-refractivity contribution in [3.8, 4) is 0 Å². The fourth-order valence-corrected chi connectivity index (χ4v) is 3.16. The van der Waals surface area contributed by atoms with Crippen molar-refractivity contribution in [3.05, 3.63) is 51.7 Å². The van der Waals surface area contributed by atoms with Gasteiger partial charge in [-0.2, -0.15) is 0 Å². The van der Waals surface area contributed by atoms with Gasteiger partial charge in [-0.25, -0.2) is 0 Å². The van der Waals surface area contributed by atoms with Crippen molar-refractivity contribution >= 4 is 39.5 Å². The Hall–Kier alpha value is -1.37. The number of nitrogens with one attached hydrogen (secondary N) is 1. The van der Waals surface area contributed by atoms with Crippen molar-refractivity contribution in [2.24, 2.45) is 0 Å². The highest BCUT2D eigenvalue weighted by Gasteiger charge is 2.19. The lowest BCUT2D eigenvalue weighted by Gasteiger charge is -2.14. The van der Waals surface area contributed by atoms with Gasteiger partial charge in [-0.05, 0) is 24.3 Å². The normalized spacial score (nSPS) is 12.5.